The van der Waals surface area contributed by atoms with Crippen molar-refractivity contribution in [2.75, 3.05) is 58.2 Å². The van der Waals surface area contributed by atoms with Crippen LogP contribution in [0.2, 0.25) is 0 Å². The van der Waals surface area contributed by atoms with Gasteiger partial charge in [-0.25, -0.2) is 8.78 Å². The highest BCUT2D eigenvalue weighted by Crippen LogP contribution is 2.30. The van der Waals surface area contributed by atoms with E-state index in [-0.39, 0.29) is 23.7 Å². The van der Waals surface area contributed by atoms with Crippen molar-refractivity contribution in [3.05, 3.63) is 102 Å². The van der Waals surface area contributed by atoms with Crippen molar-refractivity contribution in [1.29, 1.82) is 0 Å². The van der Waals surface area contributed by atoms with Gasteiger partial charge in [-0.3, -0.25) is 4.90 Å². The number of hydrogen-bond acceptors (Lipinski definition) is 4. The molecule has 1 saturated heterocycles. The minimum absolute atomic E-state index is 0.132. The summed E-state index contributed by atoms with van der Waals surface area (Å²) >= 11 is 0. The number of ether oxygens (including phenoxy) is 1. The monoisotopic (exact) mass is 493 g/mol. The van der Waals surface area contributed by atoms with Crippen molar-refractivity contribution < 1.29 is 13.5 Å². The van der Waals surface area contributed by atoms with Gasteiger partial charge in [-0.15, -0.1) is 0 Å². The van der Waals surface area contributed by atoms with Crippen LogP contribution in [0.4, 0.5) is 14.5 Å². The largest absolute Gasteiger partial charge is 0.382 e. The third kappa shape index (κ3) is 7.85. The molecule has 0 radical (unpaired) electrons. The average molecular weight is 494 g/mol. The third-order valence-corrected chi connectivity index (χ3v) is 7.08. The molecular formula is C30H37F2N3O. The summed E-state index contributed by atoms with van der Waals surface area (Å²) in [7, 11) is 1.78. The first kappa shape index (κ1) is 26.3. The van der Waals surface area contributed by atoms with E-state index in [1.807, 2.05) is 42.5 Å². The second-order valence-corrected chi connectivity index (χ2v) is 9.54. The molecule has 4 rings (SSSR count). The molecular weight excluding hydrogens is 456 g/mol. The molecule has 3 aromatic rings. The Morgan fingerprint density at radius 2 is 1.33 bits per heavy atom. The molecule has 1 aliphatic heterocycles. The fourth-order valence-electron chi connectivity index (χ4n) is 4.93. The molecule has 6 heteroatoms. The predicted octanol–water partition coefficient (Wildman–Crippen LogP) is 5.62. The van der Waals surface area contributed by atoms with Gasteiger partial charge in [0.05, 0.1) is 6.10 Å². The average Bonchev–Trinajstić information content (AvgIpc) is 2.92. The van der Waals surface area contributed by atoms with E-state index < -0.39 is 0 Å². The summed E-state index contributed by atoms with van der Waals surface area (Å²) in [6.45, 7) is 6.88. The minimum atomic E-state index is -0.235. The third-order valence-electron chi connectivity index (χ3n) is 7.08. The summed E-state index contributed by atoms with van der Waals surface area (Å²) in [5.74, 6) is -0.339. The number of halogens is 2. The van der Waals surface area contributed by atoms with Crippen LogP contribution in [-0.2, 0) is 4.74 Å². The summed E-state index contributed by atoms with van der Waals surface area (Å²) in [4.78, 5) is 5.00. The van der Waals surface area contributed by atoms with Crippen molar-refractivity contribution in [3.63, 3.8) is 0 Å². The van der Waals surface area contributed by atoms with Crippen LogP contribution in [0.1, 0.15) is 29.9 Å². The lowest BCUT2D eigenvalue weighted by molar-refractivity contribution is 0.0491. The zero-order chi connectivity index (χ0) is 25.2. The van der Waals surface area contributed by atoms with Gasteiger partial charge in [-0.1, -0.05) is 42.5 Å². The van der Waals surface area contributed by atoms with Gasteiger partial charge in [0.15, 0.2) is 0 Å². The molecule has 1 heterocycles. The van der Waals surface area contributed by atoms with Gasteiger partial charge in [-0.2, -0.15) is 0 Å². The molecule has 0 spiro atoms. The van der Waals surface area contributed by atoms with Gasteiger partial charge in [0.25, 0.3) is 0 Å². The Morgan fingerprint density at radius 3 is 1.89 bits per heavy atom. The van der Waals surface area contributed by atoms with Gasteiger partial charge < -0.3 is 15.0 Å². The Labute approximate surface area is 213 Å². The van der Waals surface area contributed by atoms with E-state index in [9.17, 15) is 8.78 Å². The molecule has 1 unspecified atom stereocenters. The SMILES string of the molecule is COC(CNc1ccccc1)CN1CCN(CCCC(c2ccc(F)cc2)c2ccc(F)cc2)CC1. The second-order valence-electron chi connectivity index (χ2n) is 9.54. The predicted molar refractivity (Wildman–Crippen MR) is 142 cm³/mol. The highest BCUT2D eigenvalue weighted by molar-refractivity contribution is 5.42. The lowest BCUT2D eigenvalue weighted by Crippen LogP contribution is -2.49. The van der Waals surface area contributed by atoms with Gasteiger partial charge >= 0.3 is 0 Å². The number of anilines is 1. The molecule has 3 aromatic carbocycles. The summed E-state index contributed by atoms with van der Waals surface area (Å²) < 4.78 is 32.7. The number of nitrogens with one attached hydrogen (secondary N) is 1. The normalized spacial score (nSPS) is 15.8. The quantitative estimate of drug-likeness (QED) is 0.354. The fourth-order valence-corrected chi connectivity index (χ4v) is 4.93. The number of para-hydroxylation sites is 1. The van der Waals surface area contributed by atoms with E-state index in [1.54, 1.807) is 7.11 Å². The molecule has 36 heavy (non-hydrogen) atoms. The van der Waals surface area contributed by atoms with Crippen molar-refractivity contribution in [1.82, 2.24) is 9.80 Å². The van der Waals surface area contributed by atoms with Crippen molar-refractivity contribution in [2.24, 2.45) is 0 Å². The Balaban J connectivity index is 1.22. The van der Waals surface area contributed by atoms with Crippen LogP contribution in [-0.4, -0.2) is 68.8 Å². The number of rotatable bonds is 12. The maximum Gasteiger partial charge on any atom is 0.123 e. The van der Waals surface area contributed by atoms with Crippen molar-refractivity contribution in [2.45, 2.75) is 24.9 Å². The van der Waals surface area contributed by atoms with E-state index in [1.165, 1.54) is 24.3 Å². The number of methoxy groups -OCH3 is 1. The van der Waals surface area contributed by atoms with E-state index in [0.29, 0.717) is 0 Å². The molecule has 1 N–H and O–H groups in total. The molecule has 1 atom stereocenters. The van der Waals surface area contributed by atoms with Crippen LogP contribution >= 0.6 is 0 Å². The molecule has 4 nitrogen and oxygen atoms in total. The van der Waals surface area contributed by atoms with E-state index in [4.69, 9.17) is 4.74 Å². The topological polar surface area (TPSA) is 27.7 Å². The van der Waals surface area contributed by atoms with Crippen LogP contribution in [0.3, 0.4) is 0 Å². The Bertz CT molecular complexity index is 977. The minimum Gasteiger partial charge on any atom is -0.382 e. The Morgan fingerprint density at radius 1 is 0.778 bits per heavy atom. The molecule has 1 aliphatic rings. The van der Waals surface area contributed by atoms with Crippen LogP contribution in [0, 0.1) is 11.6 Å². The zero-order valence-corrected chi connectivity index (χ0v) is 21.1. The number of piperazine rings is 1. The van der Waals surface area contributed by atoms with Crippen LogP contribution in [0.5, 0.6) is 0 Å². The molecule has 0 aromatic heterocycles. The lowest BCUT2D eigenvalue weighted by atomic mass is 9.87. The summed E-state index contributed by atoms with van der Waals surface area (Å²) in [5, 5.41) is 3.46. The van der Waals surface area contributed by atoms with Crippen LogP contribution in [0.25, 0.3) is 0 Å². The summed E-state index contributed by atoms with van der Waals surface area (Å²) in [5.41, 5.74) is 3.26. The van der Waals surface area contributed by atoms with Crippen molar-refractivity contribution >= 4 is 5.69 Å². The first-order valence-electron chi connectivity index (χ1n) is 12.9. The van der Waals surface area contributed by atoms with E-state index in [0.717, 1.165) is 75.5 Å². The molecule has 0 saturated carbocycles. The van der Waals surface area contributed by atoms with Crippen molar-refractivity contribution in [3.8, 4) is 0 Å². The Hall–Kier alpha value is -2.80. The summed E-state index contributed by atoms with van der Waals surface area (Å²) in [6.07, 6.45) is 2.11. The first-order valence-corrected chi connectivity index (χ1v) is 12.9. The van der Waals surface area contributed by atoms with Gasteiger partial charge in [0.2, 0.25) is 0 Å². The van der Waals surface area contributed by atoms with Gasteiger partial charge in [0.1, 0.15) is 11.6 Å². The summed E-state index contributed by atoms with van der Waals surface area (Å²) in [6, 6.07) is 23.7. The zero-order valence-electron chi connectivity index (χ0n) is 21.1. The van der Waals surface area contributed by atoms with Crippen LogP contribution < -0.4 is 5.32 Å². The maximum absolute atomic E-state index is 13.5. The van der Waals surface area contributed by atoms with Crippen LogP contribution in [0.15, 0.2) is 78.9 Å². The van der Waals surface area contributed by atoms with Gasteiger partial charge in [0, 0.05) is 58.0 Å². The molecule has 0 bridgehead atoms. The smallest absolute Gasteiger partial charge is 0.123 e. The standard InChI is InChI=1S/C30H37F2N3O/c1-36-29(22-33-28-6-3-2-4-7-28)23-35-20-18-34(19-21-35)17-5-8-30(24-9-13-26(31)14-10-24)25-11-15-27(32)16-12-25/h2-4,6-7,9-16,29-30,33H,5,8,17-23H2,1H3. The van der Waals surface area contributed by atoms with Gasteiger partial charge in [-0.05, 0) is 66.9 Å². The first-order chi connectivity index (χ1) is 17.6. The lowest BCUT2D eigenvalue weighted by Gasteiger charge is -2.36. The molecule has 1 fully saturated rings. The molecule has 0 amide bonds. The number of hydrogen-bond donors (Lipinski definition) is 1. The Kier molecular flexibility index (Phi) is 9.84. The molecule has 0 aliphatic carbocycles. The van der Waals surface area contributed by atoms with E-state index in [2.05, 4.69) is 27.2 Å². The molecule has 192 valence electrons. The van der Waals surface area contributed by atoms with E-state index >= 15 is 0 Å². The number of benzene rings is 3. The fraction of sp³-hybridized carbons (Fsp3) is 0.400. The second kappa shape index (κ2) is 13.5. The highest BCUT2D eigenvalue weighted by atomic mass is 19.1. The highest BCUT2D eigenvalue weighted by Gasteiger charge is 2.21. The number of nitrogens with zero attached hydrogens (tertiary/aromatic N) is 2. The maximum atomic E-state index is 13.5.